The number of alkyl halides is 1. The average Bonchev–Trinajstić information content (AvgIpc) is 2.39. The summed E-state index contributed by atoms with van der Waals surface area (Å²) in [6.07, 6.45) is 0. The molecule has 92 valence electrons. The Kier molecular flexibility index (Phi) is 3.86. The minimum absolute atomic E-state index is 0.00407. The third kappa shape index (κ3) is 2.70. The minimum atomic E-state index is -0.0498. The lowest BCUT2D eigenvalue weighted by molar-refractivity contribution is -0.131. The van der Waals surface area contributed by atoms with Gasteiger partial charge >= 0.3 is 0 Å². The van der Waals surface area contributed by atoms with Gasteiger partial charge in [0.05, 0.1) is 6.04 Å². The first-order valence-electron chi connectivity index (χ1n) is 5.57. The van der Waals surface area contributed by atoms with Crippen LogP contribution in [0.1, 0.15) is 11.6 Å². The normalized spacial score (nSPS) is 20.3. The minimum Gasteiger partial charge on any atom is -0.508 e. The number of benzene rings is 1. The van der Waals surface area contributed by atoms with Crippen LogP contribution in [0.3, 0.4) is 0 Å². The lowest BCUT2D eigenvalue weighted by Crippen LogP contribution is -2.49. The van der Waals surface area contributed by atoms with Crippen molar-refractivity contribution in [2.75, 3.05) is 25.5 Å². The summed E-state index contributed by atoms with van der Waals surface area (Å²) in [4.78, 5) is 13.5. The summed E-state index contributed by atoms with van der Waals surface area (Å²) in [5.41, 5.74) is 1.01. The van der Waals surface area contributed by atoms with E-state index in [9.17, 15) is 9.90 Å². The van der Waals surface area contributed by atoms with Crippen LogP contribution in [0.15, 0.2) is 24.3 Å². The molecule has 1 saturated heterocycles. The molecule has 1 fully saturated rings. The Balaban J connectivity index is 2.21. The quantitative estimate of drug-likeness (QED) is 0.778. The number of rotatable bonds is 2. The van der Waals surface area contributed by atoms with Crippen molar-refractivity contribution >= 4 is 17.5 Å². The highest BCUT2D eigenvalue weighted by Crippen LogP contribution is 2.24. The number of carbonyl (C=O) groups excluding carboxylic acids is 1. The van der Waals surface area contributed by atoms with Gasteiger partial charge in [0, 0.05) is 19.6 Å². The first-order valence-corrected chi connectivity index (χ1v) is 6.11. The number of aromatic hydroxyl groups is 1. The average molecular weight is 255 g/mol. The predicted molar refractivity (Wildman–Crippen MR) is 66.2 cm³/mol. The molecule has 2 N–H and O–H groups in total. The molecule has 4 nitrogen and oxygen atoms in total. The number of hydrogen-bond acceptors (Lipinski definition) is 3. The maximum Gasteiger partial charge on any atom is 0.238 e. The summed E-state index contributed by atoms with van der Waals surface area (Å²) < 4.78 is 0. The van der Waals surface area contributed by atoms with Gasteiger partial charge in [-0.3, -0.25) is 4.79 Å². The zero-order valence-electron chi connectivity index (χ0n) is 9.40. The smallest absolute Gasteiger partial charge is 0.238 e. The van der Waals surface area contributed by atoms with Gasteiger partial charge in [-0.05, 0) is 17.7 Å². The van der Waals surface area contributed by atoms with Crippen LogP contribution in [-0.2, 0) is 4.79 Å². The number of phenolic OH excluding ortho intramolecular Hbond substituents is 1. The van der Waals surface area contributed by atoms with Gasteiger partial charge in [0.25, 0.3) is 0 Å². The largest absolute Gasteiger partial charge is 0.508 e. The van der Waals surface area contributed by atoms with Gasteiger partial charge in [0.15, 0.2) is 0 Å². The fraction of sp³-hybridized carbons (Fsp3) is 0.417. The van der Waals surface area contributed by atoms with Gasteiger partial charge in [-0.15, -0.1) is 11.6 Å². The molecule has 0 spiro atoms. The van der Waals surface area contributed by atoms with Crippen molar-refractivity contribution in [2.24, 2.45) is 0 Å². The van der Waals surface area contributed by atoms with Gasteiger partial charge in [0.2, 0.25) is 5.91 Å². The molecule has 1 aliphatic heterocycles. The van der Waals surface area contributed by atoms with Crippen LogP contribution in [-0.4, -0.2) is 41.4 Å². The maximum atomic E-state index is 11.7. The molecule has 0 aliphatic carbocycles. The molecule has 0 saturated carbocycles. The molecule has 1 aromatic carbocycles. The summed E-state index contributed by atoms with van der Waals surface area (Å²) in [6.45, 7) is 2.17. The Bertz CT molecular complexity index is 394. The highest BCUT2D eigenvalue weighted by Gasteiger charge is 2.26. The fourth-order valence-corrected chi connectivity index (χ4v) is 2.23. The Hall–Kier alpha value is -1.26. The van der Waals surface area contributed by atoms with Crippen LogP contribution in [0.4, 0.5) is 0 Å². The molecule has 0 bridgehead atoms. The van der Waals surface area contributed by atoms with Crippen molar-refractivity contribution in [2.45, 2.75) is 6.04 Å². The molecule has 5 heteroatoms. The molecule has 0 radical (unpaired) electrons. The van der Waals surface area contributed by atoms with E-state index in [0.29, 0.717) is 13.1 Å². The summed E-state index contributed by atoms with van der Waals surface area (Å²) in [6, 6.07) is 6.93. The Morgan fingerprint density at radius 2 is 2.18 bits per heavy atom. The van der Waals surface area contributed by atoms with E-state index >= 15 is 0 Å². The van der Waals surface area contributed by atoms with Crippen LogP contribution >= 0.6 is 11.6 Å². The van der Waals surface area contributed by atoms with Crippen LogP contribution in [0.25, 0.3) is 0 Å². The molecule has 1 unspecified atom stereocenters. The standard InChI is InChI=1S/C12H15ClN2O2/c13-7-12(17)15-6-5-14-8-11(15)9-1-3-10(16)4-2-9/h1-4,11,14,16H,5-8H2. The number of piperazine rings is 1. The number of nitrogens with zero attached hydrogens (tertiary/aromatic N) is 1. The highest BCUT2D eigenvalue weighted by atomic mass is 35.5. The molecule has 17 heavy (non-hydrogen) atoms. The monoisotopic (exact) mass is 254 g/mol. The molecule has 1 aliphatic rings. The lowest BCUT2D eigenvalue weighted by atomic mass is 10.0. The Labute approximate surface area is 105 Å². The molecule has 1 atom stereocenters. The van der Waals surface area contributed by atoms with Gasteiger partial charge in [-0.25, -0.2) is 0 Å². The second-order valence-electron chi connectivity index (χ2n) is 4.03. The number of hydrogen-bond donors (Lipinski definition) is 2. The second-order valence-corrected chi connectivity index (χ2v) is 4.30. The zero-order valence-corrected chi connectivity index (χ0v) is 10.2. The third-order valence-electron chi connectivity index (χ3n) is 2.96. The number of halogens is 1. The van der Waals surface area contributed by atoms with Crippen molar-refractivity contribution in [1.82, 2.24) is 10.2 Å². The molecule has 1 heterocycles. The molecule has 2 rings (SSSR count). The van der Waals surface area contributed by atoms with Crippen LogP contribution < -0.4 is 5.32 Å². The molecular weight excluding hydrogens is 240 g/mol. The Morgan fingerprint density at radius 1 is 1.47 bits per heavy atom. The molecule has 1 aromatic rings. The van der Waals surface area contributed by atoms with E-state index in [1.165, 1.54) is 0 Å². The van der Waals surface area contributed by atoms with Crippen molar-refractivity contribution in [1.29, 1.82) is 0 Å². The predicted octanol–water partition coefficient (Wildman–Crippen LogP) is 1.10. The van der Waals surface area contributed by atoms with Gasteiger partial charge < -0.3 is 15.3 Å². The van der Waals surface area contributed by atoms with E-state index in [1.807, 2.05) is 12.1 Å². The van der Waals surface area contributed by atoms with Gasteiger partial charge in [0.1, 0.15) is 11.6 Å². The van der Waals surface area contributed by atoms with Crippen molar-refractivity contribution in [3.8, 4) is 5.75 Å². The summed E-state index contributed by atoms with van der Waals surface area (Å²) in [5.74, 6) is 0.188. The van der Waals surface area contributed by atoms with E-state index in [4.69, 9.17) is 11.6 Å². The third-order valence-corrected chi connectivity index (χ3v) is 3.18. The summed E-state index contributed by atoms with van der Waals surface area (Å²) >= 11 is 5.61. The number of phenols is 1. The fourth-order valence-electron chi connectivity index (χ4n) is 2.07. The van der Waals surface area contributed by atoms with E-state index < -0.39 is 0 Å². The maximum absolute atomic E-state index is 11.7. The van der Waals surface area contributed by atoms with Crippen LogP contribution in [0.2, 0.25) is 0 Å². The van der Waals surface area contributed by atoms with E-state index in [-0.39, 0.29) is 23.6 Å². The van der Waals surface area contributed by atoms with E-state index in [1.54, 1.807) is 17.0 Å². The number of carbonyl (C=O) groups is 1. The second kappa shape index (κ2) is 5.38. The van der Waals surface area contributed by atoms with E-state index in [0.717, 1.165) is 12.1 Å². The first kappa shape index (κ1) is 12.2. The summed E-state index contributed by atoms with van der Waals surface area (Å²) in [5, 5.41) is 12.5. The van der Waals surface area contributed by atoms with Crippen molar-refractivity contribution in [3.05, 3.63) is 29.8 Å². The van der Waals surface area contributed by atoms with E-state index in [2.05, 4.69) is 5.32 Å². The van der Waals surface area contributed by atoms with Crippen molar-refractivity contribution < 1.29 is 9.90 Å². The summed E-state index contributed by atoms with van der Waals surface area (Å²) in [7, 11) is 0. The van der Waals surface area contributed by atoms with Gasteiger partial charge in [-0.2, -0.15) is 0 Å². The topological polar surface area (TPSA) is 52.6 Å². The first-order chi connectivity index (χ1) is 8.22. The Morgan fingerprint density at radius 3 is 2.82 bits per heavy atom. The lowest BCUT2D eigenvalue weighted by Gasteiger charge is -2.36. The zero-order chi connectivity index (χ0) is 12.3. The molecular formula is C12H15ClN2O2. The van der Waals surface area contributed by atoms with Crippen molar-refractivity contribution in [3.63, 3.8) is 0 Å². The molecule has 0 aromatic heterocycles. The number of amides is 1. The highest BCUT2D eigenvalue weighted by molar-refractivity contribution is 6.27. The van der Waals surface area contributed by atoms with Crippen LogP contribution in [0, 0.1) is 0 Å². The molecule has 1 amide bonds. The van der Waals surface area contributed by atoms with Crippen LogP contribution in [0.5, 0.6) is 5.75 Å². The van der Waals surface area contributed by atoms with Gasteiger partial charge in [-0.1, -0.05) is 12.1 Å². The number of nitrogens with one attached hydrogen (secondary N) is 1. The SMILES string of the molecule is O=C(CCl)N1CCNCC1c1ccc(O)cc1.